The number of carbonyl (C=O) groups excluding carboxylic acids is 2. The summed E-state index contributed by atoms with van der Waals surface area (Å²) in [7, 11) is 0. The smallest absolute Gasteiger partial charge is 0.355 e. The molecular formula is C22H22N2O3. The van der Waals surface area contributed by atoms with Crippen LogP contribution in [0.1, 0.15) is 33.6 Å². The number of nitrogens with zero attached hydrogens (tertiary/aromatic N) is 1. The first-order valence-electron chi connectivity index (χ1n) is 9.18. The predicted molar refractivity (Wildman–Crippen MR) is 105 cm³/mol. The van der Waals surface area contributed by atoms with Crippen LogP contribution in [0.25, 0.3) is 10.9 Å². The van der Waals surface area contributed by atoms with Gasteiger partial charge < -0.3 is 14.6 Å². The number of H-pyrrole nitrogens is 1. The summed E-state index contributed by atoms with van der Waals surface area (Å²) < 4.78 is 5.30. The molecule has 1 aliphatic heterocycles. The number of ether oxygens (including phenoxy) is 1. The van der Waals surface area contributed by atoms with Gasteiger partial charge in [-0.25, -0.2) is 4.79 Å². The van der Waals surface area contributed by atoms with E-state index in [4.69, 9.17) is 4.74 Å². The molecule has 2 aromatic carbocycles. The summed E-state index contributed by atoms with van der Waals surface area (Å²) in [5, 5.41) is 0.990. The third kappa shape index (κ3) is 3.33. The van der Waals surface area contributed by atoms with Gasteiger partial charge in [0, 0.05) is 23.1 Å². The SMILES string of the molecule is Cc1cc(C)c2cc(C(=O)OCC(=O)N3CCCc4ccccc43)[nH]c2c1. The van der Waals surface area contributed by atoms with Gasteiger partial charge in [-0.05, 0) is 61.6 Å². The van der Waals surface area contributed by atoms with E-state index in [9.17, 15) is 9.59 Å². The number of hydrogen-bond acceptors (Lipinski definition) is 3. The van der Waals surface area contributed by atoms with E-state index in [0.717, 1.165) is 46.1 Å². The van der Waals surface area contributed by atoms with Crippen LogP contribution in [0, 0.1) is 13.8 Å². The minimum Gasteiger partial charge on any atom is -0.451 e. The van der Waals surface area contributed by atoms with Crippen LogP contribution in [-0.4, -0.2) is 30.0 Å². The number of amides is 1. The lowest BCUT2D eigenvalue weighted by atomic mass is 10.0. The number of nitrogens with one attached hydrogen (secondary N) is 1. The zero-order valence-electron chi connectivity index (χ0n) is 15.5. The van der Waals surface area contributed by atoms with Crippen molar-refractivity contribution in [3.8, 4) is 0 Å². The second kappa shape index (κ2) is 6.91. The Hall–Kier alpha value is -3.08. The number of hydrogen-bond donors (Lipinski definition) is 1. The van der Waals surface area contributed by atoms with Crippen LogP contribution in [0.5, 0.6) is 0 Å². The number of para-hydroxylation sites is 1. The van der Waals surface area contributed by atoms with Crippen molar-refractivity contribution in [1.82, 2.24) is 4.98 Å². The Morgan fingerprint density at radius 1 is 1.15 bits per heavy atom. The van der Waals surface area contributed by atoms with Crippen molar-refractivity contribution in [3.63, 3.8) is 0 Å². The van der Waals surface area contributed by atoms with E-state index in [1.165, 1.54) is 0 Å². The highest BCUT2D eigenvalue weighted by atomic mass is 16.5. The molecule has 0 unspecified atom stereocenters. The standard InChI is InChI=1S/C22H22N2O3/c1-14-10-15(2)17-12-19(23-18(17)11-14)22(26)27-13-21(25)24-9-5-7-16-6-3-4-8-20(16)24/h3-4,6,8,10-12,23H,5,7,9,13H2,1-2H3. The molecular weight excluding hydrogens is 340 g/mol. The third-order valence-corrected chi connectivity index (χ3v) is 5.05. The highest BCUT2D eigenvalue weighted by Crippen LogP contribution is 2.27. The molecule has 0 saturated carbocycles. The fourth-order valence-corrected chi connectivity index (χ4v) is 3.78. The number of anilines is 1. The van der Waals surface area contributed by atoms with Crippen LogP contribution in [0.4, 0.5) is 5.69 Å². The number of fused-ring (bicyclic) bond motifs is 2. The lowest BCUT2D eigenvalue weighted by Crippen LogP contribution is -2.38. The Balaban J connectivity index is 1.47. The molecule has 5 heteroatoms. The van der Waals surface area contributed by atoms with Crippen molar-refractivity contribution in [2.75, 3.05) is 18.1 Å². The first-order chi connectivity index (χ1) is 13.0. The van der Waals surface area contributed by atoms with Crippen molar-refractivity contribution >= 4 is 28.5 Å². The van der Waals surface area contributed by atoms with Gasteiger partial charge in [-0.15, -0.1) is 0 Å². The topological polar surface area (TPSA) is 62.4 Å². The summed E-state index contributed by atoms with van der Waals surface area (Å²) in [5.74, 6) is -0.708. The van der Waals surface area contributed by atoms with Crippen LogP contribution in [0.2, 0.25) is 0 Å². The second-order valence-electron chi connectivity index (χ2n) is 7.08. The zero-order chi connectivity index (χ0) is 19.0. The molecule has 0 spiro atoms. The Kier molecular flexibility index (Phi) is 4.44. The van der Waals surface area contributed by atoms with Gasteiger partial charge in [0.25, 0.3) is 5.91 Å². The van der Waals surface area contributed by atoms with Gasteiger partial charge >= 0.3 is 5.97 Å². The normalized spacial score (nSPS) is 13.5. The third-order valence-electron chi connectivity index (χ3n) is 5.05. The highest BCUT2D eigenvalue weighted by Gasteiger charge is 2.23. The summed E-state index contributed by atoms with van der Waals surface area (Å²) in [6.07, 6.45) is 1.88. The van der Waals surface area contributed by atoms with Crippen molar-refractivity contribution in [2.24, 2.45) is 0 Å². The van der Waals surface area contributed by atoms with Crippen LogP contribution in [0.3, 0.4) is 0 Å². The van der Waals surface area contributed by atoms with Crippen LogP contribution in [-0.2, 0) is 16.0 Å². The van der Waals surface area contributed by atoms with E-state index in [0.29, 0.717) is 12.2 Å². The quantitative estimate of drug-likeness (QED) is 0.718. The van der Waals surface area contributed by atoms with Gasteiger partial charge in [0.2, 0.25) is 0 Å². The molecule has 0 aliphatic carbocycles. The first-order valence-corrected chi connectivity index (χ1v) is 9.18. The highest BCUT2D eigenvalue weighted by molar-refractivity contribution is 5.99. The maximum absolute atomic E-state index is 12.6. The molecule has 1 amide bonds. The molecule has 0 bridgehead atoms. The lowest BCUT2D eigenvalue weighted by molar-refractivity contribution is -0.121. The summed E-state index contributed by atoms with van der Waals surface area (Å²) in [6.45, 7) is 4.41. The van der Waals surface area contributed by atoms with E-state index in [-0.39, 0.29) is 12.5 Å². The Morgan fingerprint density at radius 2 is 1.96 bits per heavy atom. The van der Waals surface area contributed by atoms with Gasteiger partial charge in [-0.1, -0.05) is 24.3 Å². The average molecular weight is 362 g/mol. The minimum atomic E-state index is -0.512. The van der Waals surface area contributed by atoms with Crippen molar-refractivity contribution in [1.29, 1.82) is 0 Å². The lowest BCUT2D eigenvalue weighted by Gasteiger charge is -2.29. The number of benzene rings is 2. The molecule has 1 N–H and O–H groups in total. The molecule has 0 atom stereocenters. The molecule has 0 fully saturated rings. The average Bonchev–Trinajstić information content (AvgIpc) is 3.10. The molecule has 1 aliphatic rings. The Morgan fingerprint density at radius 3 is 2.81 bits per heavy atom. The molecule has 4 rings (SSSR count). The second-order valence-corrected chi connectivity index (χ2v) is 7.08. The van der Waals surface area contributed by atoms with Gasteiger partial charge in [-0.3, -0.25) is 4.79 Å². The number of esters is 1. The van der Waals surface area contributed by atoms with Gasteiger partial charge in [0.1, 0.15) is 5.69 Å². The van der Waals surface area contributed by atoms with Gasteiger partial charge in [0.05, 0.1) is 0 Å². The molecule has 2 heterocycles. The number of rotatable bonds is 3. The summed E-state index contributed by atoms with van der Waals surface area (Å²) in [5.41, 5.74) is 5.56. The van der Waals surface area contributed by atoms with E-state index in [1.807, 2.05) is 44.2 Å². The first kappa shape index (κ1) is 17.3. The monoisotopic (exact) mass is 362 g/mol. The predicted octanol–water partition coefficient (Wildman–Crippen LogP) is 3.92. The fraction of sp³-hybridized carbons (Fsp3) is 0.273. The minimum absolute atomic E-state index is 0.196. The summed E-state index contributed by atoms with van der Waals surface area (Å²) >= 11 is 0. The van der Waals surface area contributed by atoms with Crippen molar-refractivity contribution in [3.05, 3.63) is 64.8 Å². The summed E-state index contributed by atoms with van der Waals surface area (Å²) in [6, 6.07) is 13.7. The molecule has 0 radical (unpaired) electrons. The van der Waals surface area contributed by atoms with E-state index in [2.05, 4.69) is 11.1 Å². The van der Waals surface area contributed by atoms with E-state index < -0.39 is 5.97 Å². The number of aromatic nitrogens is 1. The van der Waals surface area contributed by atoms with Crippen LogP contribution >= 0.6 is 0 Å². The Bertz CT molecular complexity index is 1040. The fourth-order valence-electron chi connectivity index (χ4n) is 3.78. The van der Waals surface area contributed by atoms with Crippen molar-refractivity contribution < 1.29 is 14.3 Å². The number of carbonyl (C=O) groups is 2. The summed E-state index contributed by atoms with van der Waals surface area (Å²) in [4.78, 5) is 29.8. The van der Waals surface area contributed by atoms with Crippen LogP contribution < -0.4 is 4.90 Å². The molecule has 27 heavy (non-hydrogen) atoms. The number of aryl methyl sites for hydroxylation is 3. The molecule has 1 aromatic heterocycles. The van der Waals surface area contributed by atoms with Gasteiger partial charge in [0.15, 0.2) is 6.61 Å². The molecule has 0 saturated heterocycles. The number of aromatic amines is 1. The molecule has 5 nitrogen and oxygen atoms in total. The largest absolute Gasteiger partial charge is 0.451 e. The molecule has 3 aromatic rings. The van der Waals surface area contributed by atoms with E-state index >= 15 is 0 Å². The van der Waals surface area contributed by atoms with Crippen LogP contribution in [0.15, 0.2) is 42.5 Å². The Labute approximate surface area is 157 Å². The molecule has 138 valence electrons. The van der Waals surface area contributed by atoms with E-state index in [1.54, 1.807) is 11.0 Å². The van der Waals surface area contributed by atoms with Gasteiger partial charge in [-0.2, -0.15) is 0 Å². The zero-order valence-corrected chi connectivity index (χ0v) is 15.5. The maximum Gasteiger partial charge on any atom is 0.355 e. The maximum atomic E-state index is 12.6. The van der Waals surface area contributed by atoms with Crippen molar-refractivity contribution in [2.45, 2.75) is 26.7 Å².